The van der Waals surface area contributed by atoms with Crippen molar-refractivity contribution < 1.29 is 23.8 Å². The standard InChI is InChI=1S/C17H20N2O5S/c1-10-14(18-17(24-10)11-3-4-25-9-11)7-15(20)19-8-13(23-2)5-12(19)6-16(21)22/h3-4,9,12-13H,5-8H2,1-2H3,(H,21,22). The lowest BCUT2D eigenvalue weighted by Crippen LogP contribution is -2.38. The van der Waals surface area contributed by atoms with Crippen LogP contribution in [0.15, 0.2) is 21.2 Å². The fourth-order valence-corrected chi connectivity index (χ4v) is 3.72. The minimum Gasteiger partial charge on any atom is -0.481 e. The number of ether oxygens (including phenoxy) is 1. The van der Waals surface area contributed by atoms with Crippen LogP contribution in [0.1, 0.15) is 24.3 Å². The van der Waals surface area contributed by atoms with Gasteiger partial charge < -0.3 is 19.2 Å². The van der Waals surface area contributed by atoms with Gasteiger partial charge in [-0.15, -0.1) is 0 Å². The molecular formula is C17H20N2O5S. The molecule has 8 heteroatoms. The van der Waals surface area contributed by atoms with Crippen molar-refractivity contribution in [1.82, 2.24) is 9.88 Å². The number of carboxylic acid groups (broad SMARTS) is 1. The van der Waals surface area contributed by atoms with Crippen LogP contribution in [0.3, 0.4) is 0 Å². The number of rotatable bonds is 6. The van der Waals surface area contributed by atoms with E-state index in [0.717, 1.165) is 5.56 Å². The molecule has 2 unspecified atom stereocenters. The fraction of sp³-hybridized carbons (Fsp3) is 0.471. The first-order chi connectivity index (χ1) is 12.0. The summed E-state index contributed by atoms with van der Waals surface area (Å²) in [7, 11) is 1.57. The van der Waals surface area contributed by atoms with Crippen LogP contribution in [0, 0.1) is 6.92 Å². The Morgan fingerprint density at radius 3 is 2.96 bits per heavy atom. The Balaban J connectivity index is 1.73. The SMILES string of the molecule is COC1CC(CC(=O)O)N(C(=O)Cc2nc(-c3ccsc3)oc2C)C1. The number of carboxylic acids is 1. The van der Waals surface area contributed by atoms with Crippen LogP contribution in [-0.2, 0) is 20.7 Å². The summed E-state index contributed by atoms with van der Waals surface area (Å²) in [5, 5.41) is 12.9. The minimum atomic E-state index is -0.920. The van der Waals surface area contributed by atoms with Crippen molar-refractivity contribution in [3.8, 4) is 11.5 Å². The van der Waals surface area contributed by atoms with Gasteiger partial charge in [0.15, 0.2) is 0 Å². The summed E-state index contributed by atoms with van der Waals surface area (Å²) < 4.78 is 11.0. The molecule has 7 nitrogen and oxygen atoms in total. The number of amides is 1. The summed E-state index contributed by atoms with van der Waals surface area (Å²) in [6.07, 6.45) is 0.412. The van der Waals surface area contributed by atoms with E-state index >= 15 is 0 Å². The van der Waals surface area contributed by atoms with Crippen LogP contribution < -0.4 is 0 Å². The summed E-state index contributed by atoms with van der Waals surface area (Å²) in [4.78, 5) is 29.8. The second kappa shape index (κ2) is 7.37. The normalized spacial score (nSPS) is 20.2. The Labute approximate surface area is 149 Å². The first-order valence-electron chi connectivity index (χ1n) is 8.01. The molecule has 1 aliphatic rings. The largest absolute Gasteiger partial charge is 0.481 e. The third-order valence-corrected chi connectivity index (χ3v) is 5.10. The summed E-state index contributed by atoms with van der Waals surface area (Å²) >= 11 is 1.55. The molecule has 0 radical (unpaired) electrons. The van der Waals surface area contributed by atoms with E-state index in [2.05, 4.69) is 4.98 Å². The Hall–Kier alpha value is -2.19. The molecule has 1 aliphatic heterocycles. The molecule has 0 bridgehead atoms. The summed E-state index contributed by atoms with van der Waals surface area (Å²) in [6, 6.07) is 1.56. The summed E-state index contributed by atoms with van der Waals surface area (Å²) in [5.41, 5.74) is 1.47. The van der Waals surface area contributed by atoms with Crippen molar-refractivity contribution in [2.75, 3.05) is 13.7 Å². The van der Waals surface area contributed by atoms with Gasteiger partial charge in [-0.3, -0.25) is 9.59 Å². The Kier molecular flexibility index (Phi) is 5.19. The van der Waals surface area contributed by atoms with E-state index in [1.54, 1.807) is 30.3 Å². The van der Waals surface area contributed by atoms with Crippen LogP contribution >= 0.6 is 11.3 Å². The van der Waals surface area contributed by atoms with Crippen LogP contribution in [0.25, 0.3) is 11.5 Å². The van der Waals surface area contributed by atoms with Crippen molar-refractivity contribution in [2.24, 2.45) is 0 Å². The lowest BCUT2D eigenvalue weighted by Gasteiger charge is -2.22. The van der Waals surface area contributed by atoms with Gasteiger partial charge in [0.2, 0.25) is 11.8 Å². The van der Waals surface area contributed by atoms with Crippen LogP contribution in [0.4, 0.5) is 0 Å². The molecule has 2 aromatic rings. The molecule has 25 heavy (non-hydrogen) atoms. The van der Waals surface area contributed by atoms with Crippen molar-refractivity contribution in [2.45, 2.75) is 38.3 Å². The number of oxazole rings is 1. The van der Waals surface area contributed by atoms with Crippen molar-refractivity contribution in [1.29, 1.82) is 0 Å². The number of hydrogen-bond donors (Lipinski definition) is 1. The fourth-order valence-electron chi connectivity index (χ4n) is 3.09. The van der Waals surface area contributed by atoms with E-state index in [1.165, 1.54) is 0 Å². The maximum Gasteiger partial charge on any atom is 0.305 e. The lowest BCUT2D eigenvalue weighted by atomic mass is 10.1. The molecule has 1 fully saturated rings. The number of carbonyl (C=O) groups is 2. The topological polar surface area (TPSA) is 92.9 Å². The number of nitrogens with zero attached hydrogens (tertiary/aromatic N) is 2. The highest BCUT2D eigenvalue weighted by Crippen LogP contribution is 2.26. The third kappa shape index (κ3) is 3.91. The number of carbonyl (C=O) groups excluding carboxylic acids is 1. The molecule has 3 rings (SSSR count). The van der Waals surface area contributed by atoms with Gasteiger partial charge in [0.1, 0.15) is 5.76 Å². The third-order valence-electron chi connectivity index (χ3n) is 4.42. The second-order valence-electron chi connectivity index (χ2n) is 6.10. The minimum absolute atomic E-state index is 0.0798. The van der Waals surface area contributed by atoms with Crippen LogP contribution in [0.5, 0.6) is 0 Å². The van der Waals surface area contributed by atoms with Gasteiger partial charge in [-0.1, -0.05) is 0 Å². The van der Waals surface area contributed by atoms with Crippen molar-refractivity contribution in [3.63, 3.8) is 0 Å². The first kappa shape index (κ1) is 17.6. The maximum atomic E-state index is 12.7. The molecule has 1 amide bonds. The number of aryl methyl sites for hydroxylation is 1. The van der Waals surface area contributed by atoms with Crippen molar-refractivity contribution >= 4 is 23.2 Å². The van der Waals surface area contributed by atoms with Gasteiger partial charge >= 0.3 is 5.97 Å². The zero-order valence-electron chi connectivity index (χ0n) is 14.1. The average Bonchev–Trinajstić information content (AvgIpc) is 3.27. The first-order valence-corrected chi connectivity index (χ1v) is 8.95. The van der Waals surface area contributed by atoms with E-state index < -0.39 is 5.97 Å². The highest BCUT2D eigenvalue weighted by atomic mass is 32.1. The zero-order chi connectivity index (χ0) is 18.0. The quantitative estimate of drug-likeness (QED) is 0.846. The highest BCUT2D eigenvalue weighted by Gasteiger charge is 2.36. The second-order valence-corrected chi connectivity index (χ2v) is 6.88. The number of hydrogen-bond acceptors (Lipinski definition) is 6. The molecule has 1 saturated heterocycles. The molecule has 0 aliphatic carbocycles. The van der Waals surface area contributed by atoms with Crippen LogP contribution in [-0.4, -0.2) is 52.7 Å². The molecule has 3 heterocycles. The number of likely N-dealkylation sites (tertiary alicyclic amines) is 1. The van der Waals surface area contributed by atoms with Gasteiger partial charge in [0.05, 0.1) is 24.6 Å². The smallest absolute Gasteiger partial charge is 0.305 e. The Bertz CT molecular complexity index is 755. The van der Waals surface area contributed by atoms with Crippen LogP contribution in [0.2, 0.25) is 0 Å². The molecule has 2 atom stereocenters. The van der Waals surface area contributed by atoms with E-state index in [9.17, 15) is 9.59 Å². The van der Waals surface area contributed by atoms with Gasteiger partial charge in [0.25, 0.3) is 0 Å². The van der Waals surface area contributed by atoms with E-state index in [1.807, 2.05) is 16.8 Å². The number of aromatic nitrogens is 1. The van der Waals surface area contributed by atoms with Gasteiger partial charge in [-0.2, -0.15) is 11.3 Å². The zero-order valence-corrected chi connectivity index (χ0v) is 14.9. The molecule has 0 aromatic carbocycles. The predicted molar refractivity (Wildman–Crippen MR) is 91.4 cm³/mol. The van der Waals surface area contributed by atoms with Gasteiger partial charge in [-0.05, 0) is 24.8 Å². The molecule has 0 saturated carbocycles. The Morgan fingerprint density at radius 1 is 1.52 bits per heavy atom. The van der Waals surface area contributed by atoms with E-state index in [-0.39, 0.29) is 30.9 Å². The number of thiophene rings is 1. The van der Waals surface area contributed by atoms with E-state index in [0.29, 0.717) is 30.3 Å². The lowest BCUT2D eigenvalue weighted by molar-refractivity contribution is -0.139. The molecule has 1 N–H and O–H groups in total. The van der Waals surface area contributed by atoms with E-state index in [4.69, 9.17) is 14.3 Å². The highest BCUT2D eigenvalue weighted by molar-refractivity contribution is 7.08. The average molecular weight is 364 g/mol. The predicted octanol–water partition coefficient (Wildman–Crippen LogP) is 2.34. The number of methoxy groups -OCH3 is 1. The summed E-state index contributed by atoms with van der Waals surface area (Å²) in [6.45, 7) is 2.18. The molecular weight excluding hydrogens is 344 g/mol. The number of aliphatic carboxylic acids is 1. The molecule has 134 valence electrons. The van der Waals surface area contributed by atoms with Gasteiger partial charge in [0, 0.05) is 30.6 Å². The summed E-state index contributed by atoms with van der Waals surface area (Å²) in [5.74, 6) is 0.0302. The van der Waals surface area contributed by atoms with Crippen molar-refractivity contribution in [3.05, 3.63) is 28.3 Å². The Morgan fingerprint density at radius 2 is 2.32 bits per heavy atom. The molecule has 0 spiro atoms. The molecule has 2 aromatic heterocycles. The maximum absolute atomic E-state index is 12.7. The van der Waals surface area contributed by atoms with Gasteiger partial charge in [-0.25, -0.2) is 4.98 Å². The monoisotopic (exact) mass is 364 g/mol.